The Bertz CT molecular complexity index is 1670. The maximum Gasteiger partial charge on any atom is 0.331 e. The molecule has 2 aromatic carbocycles. The number of fused-ring (bicyclic) bond motifs is 5. The molecular formula is C38H40O8. The van der Waals surface area contributed by atoms with Crippen molar-refractivity contribution in [3.05, 3.63) is 107 Å². The number of ether oxygens (including phenoxy) is 2. The lowest BCUT2D eigenvalue weighted by Crippen LogP contribution is -2.66. The lowest BCUT2D eigenvalue weighted by atomic mass is 9.59. The molecule has 0 amide bonds. The molecule has 240 valence electrons. The SMILES string of the molecule is CC1=C[C@H]2[C@@]3(O)[C@H](C)[C@@H](OC(=O)/C=C/c4ccccc4)[C@]4(OC(=O)/C=C/c5ccccc5)[C@H]([C@@H]3C=C(CO)C[C@]2(O)C1=O)C4(C)C. The molecule has 46 heavy (non-hydrogen) atoms. The van der Waals surface area contributed by atoms with E-state index in [1.165, 1.54) is 12.2 Å². The Balaban J connectivity index is 1.44. The topological polar surface area (TPSA) is 130 Å². The lowest BCUT2D eigenvalue weighted by molar-refractivity contribution is -0.225. The van der Waals surface area contributed by atoms with Crippen LogP contribution in [0.2, 0.25) is 0 Å². The van der Waals surface area contributed by atoms with Gasteiger partial charge >= 0.3 is 11.9 Å². The second-order valence-corrected chi connectivity index (χ2v) is 13.7. The normalized spacial score (nSPS) is 35.8. The van der Waals surface area contributed by atoms with Crippen molar-refractivity contribution in [1.82, 2.24) is 0 Å². The largest absolute Gasteiger partial charge is 0.455 e. The zero-order valence-corrected chi connectivity index (χ0v) is 26.4. The molecule has 4 aliphatic rings. The number of Topliss-reactive ketones (excluding diaryl/α,β-unsaturated/α-hetero) is 1. The summed E-state index contributed by atoms with van der Waals surface area (Å²) in [6.07, 6.45) is 7.92. The average molecular weight is 625 g/mol. The van der Waals surface area contributed by atoms with Crippen molar-refractivity contribution in [3.63, 3.8) is 0 Å². The molecule has 0 bridgehead atoms. The lowest BCUT2D eigenvalue weighted by Gasteiger charge is -2.53. The number of hydrogen-bond acceptors (Lipinski definition) is 8. The standard InChI is InChI=1S/C38H40O8/c1-23-19-29-36(43,33(23)42)21-27(22-39)20-28-32-35(3,4)38(32,46-31(41)18-16-26-13-9-6-10-14-26)34(24(2)37(28,29)44)45-30(40)17-15-25-11-7-5-8-12-25/h5-20,24,28-29,32,34,39,43-44H,21-22H2,1-4H3/b17-15+,18-16+/t24-,28+,29-,32-,34-,36-,37-,38-/m1/s1. The summed E-state index contributed by atoms with van der Waals surface area (Å²) in [6, 6.07) is 18.5. The minimum Gasteiger partial charge on any atom is -0.455 e. The fourth-order valence-electron chi connectivity index (χ4n) is 8.65. The summed E-state index contributed by atoms with van der Waals surface area (Å²) in [5.41, 5.74) is -3.67. The average Bonchev–Trinajstić information content (AvgIpc) is 3.47. The van der Waals surface area contributed by atoms with Gasteiger partial charge in [-0.05, 0) is 41.3 Å². The molecule has 2 fully saturated rings. The number of rotatable bonds is 7. The van der Waals surface area contributed by atoms with Crippen molar-refractivity contribution in [2.75, 3.05) is 6.61 Å². The van der Waals surface area contributed by atoms with E-state index in [9.17, 15) is 29.7 Å². The molecule has 0 aliphatic heterocycles. The highest BCUT2D eigenvalue weighted by molar-refractivity contribution is 6.05. The van der Waals surface area contributed by atoms with Gasteiger partial charge in [0.15, 0.2) is 11.4 Å². The van der Waals surface area contributed by atoms with E-state index in [-0.39, 0.29) is 6.42 Å². The number of carbonyl (C=O) groups excluding carboxylic acids is 3. The first-order valence-corrected chi connectivity index (χ1v) is 15.7. The molecule has 0 aromatic heterocycles. The van der Waals surface area contributed by atoms with Gasteiger partial charge in [-0.15, -0.1) is 0 Å². The van der Waals surface area contributed by atoms with Crippen LogP contribution in [0.1, 0.15) is 45.2 Å². The third kappa shape index (κ3) is 4.73. The van der Waals surface area contributed by atoms with Gasteiger partial charge in [0.1, 0.15) is 11.7 Å². The molecule has 0 unspecified atom stereocenters. The summed E-state index contributed by atoms with van der Waals surface area (Å²) in [4.78, 5) is 40.4. The molecule has 3 N–H and O–H groups in total. The van der Waals surface area contributed by atoms with Crippen LogP contribution in [0.15, 0.2) is 96.1 Å². The van der Waals surface area contributed by atoms with Crippen LogP contribution in [0.4, 0.5) is 0 Å². The van der Waals surface area contributed by atoms with Gasteiger partial charge in [0.2, 0.25) is 0 Å². The van der Waals surface area contributed by atoms with Crippen LogP contribution in [-0.4, -0.2) is 62.6 Å². The highest BCUT2D eigenvalue weighted by Gasteiger charge is 2.87. The van der Waals surface area contributed by atoms with Crippen LogP contribution in [0, 0.1) is 29.1 Å². The molecular weight excluding hydrogens is 584 g/mol. The molecule has 8 nitrogen and oxygen atoms in total. The molecule has 8 heteroatoms. The first kappa shape index (κ1) is 31.9. The summed E-state index contributed by atoms with van der Waals surface area (Å²) in [5.74, 6) is -5.16. The van der Waals surface area contributed by atoms with E-state index in [1.807, 2.05) is 74.5 Å². The Morgan fingerprint density at radius 3 is 2.04 bits per heavy atom. The van der Waals surface area contributed by atoms with Crippen LogP contribution < -0.4 is 0 Å². The van der Waals surface area contributed by atoms with E-state index >= 15 is 0 Å². The number of ketones is 1. The predicted octanol–water partition coefficient (Wildman–Crippen LogP) is 4.46. The number of hydrogen-bond donors (Lipinski definition) is 3. The van der Waals surface area contributed by atoms with Gasteiger partial charge in [-0.3, -0.25) is 4.79 Å². The molecule has 0 radical (unpaired) electrons. The monoisotopic (exact) mass is 624 g/mol. The van der Waals surface area contributed by atoms with Gasteiger partial charge in [-0.2, -0.15) is 0 Å². The highest BCUT2D eigenvalue weighted by atomic mass is 16.6. The fourth-order valence-corrected chi connectivity index (χ4v) is 8.65. The second-order valence-electron chi connectivity index (χ2n) is 13.7. The molecule has 0 saturated heterocycles. The van der Waals surface area contributed by atoms with E-state index in [4.69, 9.17) is 9.47 Å². The Labute approximate surface area is 268 Å². The fraction of sp³-hybridized carbons (Fsp3) is 0.395. The van der Waals surface area contributed by atoms with Gasteiger partial charge < -0.3 is 24.8 Å². The Kier molecular flexibility index (Phi) is 7.82. The molecule has 2 aromatic rings. The Hall–Kier alpha value is -4.11. The summed E-state index contributed by atoms with van der Waals surface area (Å²) in [5, 5.41) is 35.1. The molecule has 4 aliphatic carbocycles. The van der Waals surface area contributed by atoms with E-state index < -0.39 is 76.3 Å². The Morgan fingerprint density at radius 1 is 0.913 bits per heavy atom. The smallest absolute Gasteiger partial charge is 0.331 e. The van der Waals surface area contributed by atoms with Gasteiger partial charge in [0.25, 0.3) is 0 Å². The van der Waals surface area contributed by atoms with Crippen LogP contribution >= 0.6 is 0 Å². The van der Waals surface area contributed by atoms with Crippen molar-refractivity contribution in [2.24, 2.45) is 29.1 Å². The van der Waals surface area contributed by atoms with Crippen LogP contribution in [0.25, 0.3) is 12.2 Å². The zero-order chi connectivity index (χ0) is 33.1. The second kappa shape index (κ2) is 11.3. The Morgan fingerprint density at radius 2 is 1.48 bits per heavy atom. The van der Waals surface area contributed by atoms with E-state index in [0.717, 1.165) is 11.1 Å². The molecule has 6 rings (SSSR count). The predicted molar refractivity (Wildman–Crippen MR) is 172 cm³/mol. The van der Waals surface area contributed by atoms with Crippen LogP contribution in [0.3, 0.4) is 0 Å². The summed E-state index contributed by atoms with van der Waals surface area (Å²) in [7, 11) is 0. The zero-order valence-electron chi connectivity index (χ0n) is 26.4. The summed E-state index contributed by atoms with van der Waals surface area (Å²) < 4.78 is 12.5. The molecule has 8 atom stereocenters. The maximum absolute atomic E-state index is 13.5. The van der Waals surface area contributed by atoms with Crippen LogP contribution in [0.5, 0.6) is 0 Å². The van der Waals surface area contributed by atoms with Gasteiger partial charge in [-0.1, -0.05) is 93.6 Å². The first-order valence-electron chi connectivity index (χ1n) is 15.7. The minimum atomic E-state index is -1.99. The minimum absolute atomic E-state index is 0.156. The number of aliphatic hydroxyl groups is 3. The van der Waals surface area contributed by atoms with Crippen molar-refractivity contribution < 1.29 is 39.2 Å². The van der Waals surface area contributed by atoms with E-state index in [0.29, 0.717) is 11.1 Å². The third-order valence-corrected chi connectivity index (χ3v) is 10.9. The van der Waals surface area contributed by atoms with Crippen molar-refractivity contribution in [3.8, 4) is 0 Å². The maximum atomic E-state index is 13.5. The summed E-state index contributed by atoms with van der Waals surface area (Å²) in [6.45, 7) is 6.67. The number of aliphatic hydroxyl groups excluding tert-OH is 1. The highest BCUT2D eigenvalue weighted by Crippen LogP contribution is 2.77. The third-order valence-electron chi connectivity index (χ3n) is 10.9. The van der Waals surface area contributed by atoms with Crippen molar-refractivity contribution in [2.45, 2.75) is 57.0 Å². The van der Waals surface area contributed by atoms with Gasteiger partial charge in [0.05, 0.1) is 12.2 Å². The molecule has 0 heterocycles. The van der Waals surface area contributed by atoms with Gasteiger partial charge in [-0.25, -0.2) is 9.59 Å². The van der Waals surface area contributed by atoms with Crippen molar-refractivity contribution in [1.29, 1.82) is 0 Å². The van der Waals surface area contributed by atoms with Gasteiger partial charge in [0, 0.05) is 47.7 Å². The van der Waals surface area contributed by atoms with E-state index in [2.05, 4.69) is 0 Å². The quantitative estimate of drug-likeness (QED) is 0.234. The van der Waals surface area contributed by atoms with E-state index in [1.54, 1.807) is 38.2 Å². The van der Waals surface area contributed by atoms with Crippen molar-refractivity contribution >= 4 is 29.9 Å². The first-order chi connectivity index (χ1) is 21.8. The molecule has 2 saturated carbocycles. The molecule has 0 spiro atoms. The van der Waals surface area contributed by atoms with Crippen LogP contribution in [-0.2, 0) is 23.9 Å². The number of esters is 2. The number of carbonyl (C=O) groups is 3. The summed E-state index contributed by atoms with van der Waals surface area (Å²) >= 11 is 0. The number of benzene rings is 2.